The lowest BCUT2D eigenvalue weighted by Crippen LogP contribution is -2.39. The lowest BCUT2D eigenvalue weighted by Gasteiger charge is -2.19. The molecule has 3 aromatic rings. The van der Waals surface area contributed by atoms with Gasteiger partial charge in [0.1, 0.15) is 5.82 Å². The fraction of sp³-hybridized carbons (Fsp3) is 0.400. The van der Waals surface area contributed by atoms with Crippen LogP contribution in [0.25, 0.3) is 16.7 Å². The maximum Gasteiger partial charge on any atom is 0.421 e. The highest BCUT2D eigenvalue weighted by atomic mass is 35.5. The van der Waals surface area contributed by atoms with E-state index in [1.54, 1.807) is 11.7 Å². The third-order valence-corrected chi connectivity index (χ3v) is 7.41. The summed E-state index contributed by atoms with van der Waals surface area (Å²) < 4.78 is 29.8. The van der Waals surface area contributed by atoms with E-state index in [0.717, 1.165) is 35.1 Å². The Hall–Kier alpha value is -2.52. The second-order valence-corrected chi connectivity index (χ2v) is 10.2. The molecule has 0 saturated heterocycles. The van der Waals surface area contributed by atoms with E-state index in [1.807, 2.05) is 42.0 Å². The monoisotopic (exact) mass is 450 g/mol. The lowest BCUT2D eigenvalue weighted by atomic mass is 10.2. The number of carboxylic acid groups (broad SMARTS) is 1. The van der Waals surface area contributed by atoms with E-state index >= 15 is 0 Å². The van der Waals surface area contributed by atoms with Crippen molar-refractivity contribution in [3.05, 3.63) is 46.7 Å². The minimum absolute atomic E-state index is 0.0390. The average molecular weight is 451 g/mol. The molecule has 0 aliphatic heterocycles. The van der Waals surface area contributed by atoms with E-state index < -0.39 is 16.1 Å². The highest BCUT2D eigenvalue weighted by Crippen LogP contribution is 2.31. The minimum atomic E-state index is -3.95. The van der Waals surface area contributed by atoms with Crippen LogP contribution in [0, 0.1) is 12.8 Å². The molecule has 0 bridgehead atoms. The lowest BCUT2D eigenvalue weighted by molar-refractivity contribution is 0.171. The second kappa shape index (κ2) is 7.63. The summed E-state index contributed by atoms with van der Waals surface area (Å²) in [6.45, 7) is 1.86. The number of amides is 1. The van der Waals surface area contributed by atoms with Gasteiger partial charge in [0.15, 0.2) is 0 Å². The maximum absolute atomic E-state index is 12.8. The highest BCUT2D eigenvalue weighted by Gasteiger charge is 2.34. The normalized spacial score (nSPS) is 14.4. The van der Waals surface area contributed by atoms with Crippen LogP contribution in [0.2, 0.25) is 5.02 Å². The quantitative estimate of drug-likeness (QED) is 0.593. The van der Waals surface area contributed by atoms with Crippen molar-refractivity contribution in [3.8, 4) is 5.82 Å². The van der Waals surface area contributed by atoms with Crippen molar-refractivity contribution in [1.82, 2.24) is 18.7 Å². The van der Waals surface area contributed by atoms with Crippen molar-refractivity contribution >= 4 is 38.6 Å². The molecule has 2 aromatic heterocycles. The molecule has 30 heavy (non-hydrogen) atoms. The molecule has 1 aliphatic rings. The number of fused-ring (bicyclic) bond motifs is 1. The number of hydrogen-bond acceptors (Lipinski definition) is 4. The van der Waals surface area contributed by atoms with E-state index in [9.17, 15) is 18.3 Å². The Labute approximate surface area is 179 Å². The summed E-state index contributed by atoms with van der Waals surface area (Å²) in [5, 5.41) is 15.5. The summed E-state index contributed by atoms with van der Waals surface area (Å²) in [4.78, 5) is 11.5. The Morgan fingerprint density at radius 1 is 1.33 bits per heavy atom. The van der Waals surface area contributed by atoms with E-state index in [2.05, 4.69) is 5.10 Å². The predicted octanol–water partition coefficient (Wildman–Crippen LogP) is 3.59. The standard InChI is InChI=1S/C20H23ClN4O4S/c1-13-17(8-10-30(28,29)25(20(26)27)12-14-3-4-14)19(23(2)22-13)24-9-7-15-5-6-16(21)11-18(15)24/h5-7,9,11,14H,3-4,8,10,12H2,1-2H3,(H,26,27). The Balaban J connectivity index is 1.67. The number of rotatable bonds is 7. The molecule has 1 amide bonds. The summed E-state index contributed by atoms with van der Waals surface area (Å²) >= 11 is 6.18. The Morgan fingerprint density at radius 2 is 2.07 bits per heavy atom. The van der Waals surface area contributed by atoms with Crippen LogP contribution in [0.15, 0.2) is 30.5 Å². The van der Waals surface area contributed by atoms with Crippen molar-refractivity contribution in [2.75, 3.05) is 12.3 Å². The predicted molar refractivity (Wildman–Crippen MR) is 115 cm³/mol. The Kier molecular flexibility index (Phi) is 5.27. The van der Waals surface area contributed by atoms with E-state index in [-0.39, 0.29) is 24.6 Å². The molecule has 1 aliphatic carbocycles. The summed E-state index contributed by atoms with van der Waals surface area (Å²) in [6, 6.07) is 7.54. The SMILES string of the molecule is Cc1nn(C)c(-n2ccc3ccc(Cl)cc32)c1CCS(=O)(=O)N(CC1CC1)C(=O)O. The number of nitrogens with zero attached hydrogens (tertiary/aromatic N) is 4. The molecule has 0 spiro atoms. The van der Waals surface area contributed by atoms with Crippen LogP contribution in [0.5, 0.6) is 0 Å². The van der Waals surface area contributed by atoms with Crippen LogP contribution in [-0.2, 0) is 23.5 Å². The highest BCUT2D eigenvalue weighted by molar-refractivity contribution is 7.89. The third kappa shape index (κ3) is 3.91. The van der Waals surface area contributed by atoms with Crippen molar-refractivity contribution in [3.63, 3.8) is 0 Å². The van der Waals surface area contributed by atoms with Crippen LogP contribution in [0.1, 0.15) is 24.1 Å². The molecule has 1 saturated carbocycles. The van der Waals surface area contributed by atoms with Crippen molar-refractivity contribution in [1.29, 1.82) is 0 Å². The molecule has 1 fully saturated rings. The molecule has 160 valence electrons. The third-order valence-electron chi connectivity index (χ3n) is 5.48. The largest absolute Gasteiger partial charge is 0.464 e. The van der Waals surface area contributed by atoms with Crippen molar-refractivity contribution < 1.29 is 18.3 Å². The van der Waals surface area contributed by atoms with Crippen LogP contribution in [0.4, 0.5) is 4.79 Å². The van der Waals surface area contributed by atoms with Gasteiger partial charge in [-0.3, -0.25) is 4.68 Å². The average Bonchev–Trinajstić information content (AvgIpc) is 3.34. The molecular formula is C20H23ClN4O4S. The van der Waals surface area contributed by atoms with E-state index in [4.69, 9.17) is 11.6 Å². The summed E-state index contributed by atoms with van der Waals surface area (Å²) in [5.74, 6) is 0.581. The van der Waals surface area contributed by atoms with Gasteiger partial charge in [0, 0.05) is 35.8 Å². The number of halogens is 1. The first kappa shape index (κ1) is 20.7. The van der Waals surface area contributed by atoms with Crippen molar-refractivity contribution in [2.45, 2.75) is 26.2 Å². The fourth-order valence-electron chi connectivity index (χ4n) is 3.76. The molecule has 10 heteroatoms. The molecule has 0 unspecified atom stereocenters. The molecule has 2 heterocycles. The first-order chi connectivity index (χ1) is 14.2. The smallest absolute Gasteiger partial charge is 0.421 e. The van der Waals surface area contributed by atoms with Gasteiger partial charge in [0.25, 0.3) is 0 Å². The number of benzene rings is 1. The van der Waals surface area contributed by atoms with Crippen LogP contribution in [-0.4, -0.2) is 50.6 Å². The number of hydrogen-bond donors (Lipinski definition) is 1. The zero-order chi connectivity index (χ0) is 21.6. The molecule has 8 nitrogen and oxygen atoms in total. The van der Waals surface area contributed by atoms with Gasteiger partial charge < -0.3 is 9.67 Å². The van der Waals surface area contributed by atoms with E-state index in [1.165, 1.54) is 0 Å². The fourth-order valence-corrected chi connectivity index (χ4v) is 5.28. The molecule has 4 rings (SSSR count). The van der Waals surface area contributed by atoms with Gasteiger partial charge in [-0.05, 0) is 50.3 Å². The van der Waals surface area contributed by atoms with Crippen molar-refractivity contribution in [2.24, 2.45) is 13.0 Å². The molecule has 1 aromatic carbocycles. The van der Waals surface area contributed by atoms with Crippen LogP contribution >= 0.6 is 11.6 Å². The van der Waals surface area contributed by atoms with Gasteiger partial charge in [-0.2, -0.15) is 5.10 Å². The Bertz CT molecular complexity index is 1230. The summed E-state index contributed by atoms with van der Waals surface area (Å²) in [6.07, 6.45) is 2.37. The summed E-state index contributed by atoms with van der Waals surface area (Å²) in [5.41, 5.74) is 2.35. The zero-order valence-electron chi connectivity index (χ0n) is 16.7. The number of aryl methyl sites for hydroxylation is 2. The minimum Gasteiger partial charge on any atom is -0.464 e. The summed E-state index contributed by atoms with van der Waals surface area (Å²) in [7, 11) is -2.15. The molecule has 0 radical (unpaired) electrons. The van der Waals surface area contributed by atoms with Crippen LogP contribution < -0.4 is 0 Å². The Morgan fingerprint density at radius 3 is 2.73 bits per heavy atom. The molecule has 1 N–H and O–H groups in total. The number of carbonyl (C=O) groups is 1. The topological polar surface area (TPSA) is 97.4 Å². The van der Waals surface area contributed by atoms with Crippen LogP contribution in [0.3, 0.4) is 0 Å². The first-order valence-corrected chi connectivity index (χ1v) is 11.7. The molecular weight excluding hydrogens is 428 g/mol. The zero-order valence-corrected chi connectivity index (χ0v) is 18.3. The first-order valence-electron chi connectivity index (χ1n) is 9.70. The second-order valence-electron chi connectivity index (χ2n) is 7.72. The van der Waals surface area contributed by atoms with Gasteiger partial charge in [-0.15, -0.1) is 0 Å². The van der Waals surface area contributed by atoms with Gasteiger partial charge in [-0.1, -0.05) is 17.7 Å². The number of aromatic nitrogens is 3. The van der Waals surface area contributed by atoms with Gasteiger partial charge in [0.2, 0.25) is 10.0 Å². The molecule has 0 atom stereocenters. The van der Waals surface area contributed by atoms with Gasteiger partial charge in [-0.25, -0.2) is 17.5 Å². The van der Waals surface area contributed by atoms with Gasteiger partial charge >= 0.3 is 6.09 Å². The van der Waals surface area contributed by atoms with Gasteiger partial charge in [0.05, 0.1) is 17.0 Å². The van der Waals surface area contributed by atoms with E-state index in [0.29, 0.717) is 15.0 Å². The maximum atomic E-state index is 12.8. The number of sulfonamides is 1.